The Labute approximate surface area is 275 Å². The summed E-state index contributed by atoms with van der Waals surface area (Å²) in [4.78, 5) is 7.13. The first-order valence-corrected chi connectivity index (χ1v) is 16.1. The highest BCUT2D eigenvalue weighted by molar-refractivity contribution is 6.15. The molecule has 0 aliphatic rings. The van der Waals surface area contributed by atoms with E-state index in [-0.39, 0.29) is 0 Å². The molecule has 48 heavy (non-hydrogen) atoms. The Morgan fingerprint density at radius 3 is 2.02 bits per heavy atom. The van der Waals surface area contributed by atoms with Crippen LogP contribution in [-0.4, -0.2) is 9.55 Å². The van der Waals surface area contributed by atoms with Crippen LogP contribution in [0.25, 0.3) is 72.0 Å². The second-order valence-electron chi connectivity index (χ2n) is 12.0. The summed E-state index contributed by atoms with van der Waals surface area (Å²) in [5, 5.41) is 4.45. The number of aromatic nitrogens is 2. The zero-order valence-electron chi connectivity index (χ0n) is 25.7. The molecule has 3 heterocycles. The lowest BCUT2D eigenvalue weighted by atomic mass is 10.1. The van der Waals surface area contributed by atoms with E-state index in [4.69, 9.17) is 13.8 Å². The summed E-state index contributed by atoms with van der Waals surface area (Å²) >= 11 is 0. The van der Waals surface area contributed by atoms with E-state index in [1.807, 2.05) is 36.4 Å². The molecule has 5 heteroatoms. The van der Waals surface area contributed by atoms with Gasteiger partial charge in [0.05, 0.1) is 16.7 Å². The highest BCUT2D eigenvalue weighted by atomic mass is 16.4. The summed E-state index contributed by atoms with van der Waals surface area (Å²) < 4.78 is 15.1. The first-order chi connectivity index (χ1) is 23.8. The fraction of sp³-hybridized carbons (Fsp3) is 0. The van der Waals surface area contributed by atoms with Crippen LogP contribution in [0.3, 0.4) is 0 Å². The van der Waals surface area contributed by atoms with Crippen LogP contribution >= 0.6 is 0 Å². The maximum Gasteiger partial charge on any atom is 0.227 e. The van der Waals surface area contributed by atoms with Crippen molar-refractivity contribution in [2.45, 2.75) is 0 Å². The summed E-state index contributed by atoms with van der Waals surface area (Å²) in [5.74, 6) is 0.602. The summed E-state index contributed by atoms with van der Waals surface area (Å²) in [6.45, 7) is 0. The maximum absolute atomic E-state index is 6.55. The topological polar surface area (TPSA) is 47.3 Å². The average molecular weight is 618 g/mol. The minimum Gasteiger partial charge on any atom is -0.456 e. The third-order valence-electron chi connectivity index (χ3n) is 9.19. The lowest BCUT2D eigenvalue weighted by molar-refractivity contribution is 0.617. The van der Waals surface area contributed by atoms with Crippen LogP contribution < -0.4 is 4.90 Å². The monoisotopic (exact) mass is 617 g/mol. The van der Waals surface area contributed by atoms with Gasteiger partial charge in [-0.05, 0) is 66.7 Å². The number of oxazole rings is 1. The van der Waals surface area contributed by atoms with Crippen LogP contribution in [-0.2, 0) is 0 Å². The van der Waals surface area contributed by atoms with E-state index in [0.29, 0.717) is 11.5 Å². The van der Waals surface area contributed by atoms with Gasteiger partial charge in [-0.25, -0.2) is 4.98 Å². The summed E-state index contributed by atoms with van der Waals surface area (Å²) in [6, 6.07) is 56.8. The van der Waals surface area contributed by atoms with Gasteiger partial charge in [0.25, 0.3) is 0 Å². The van der Waals surface area contributed by atoms with Crippen molar-refractivity contribution < 1.29 is 8.83 Å². The number of para-hydroxylation sites is 4. The number of benzene rings is 7. The number of fused-ring (bicyclic) bond motifs is 7. The number of hydrogen-bond acceptors (Lipinski definition) is 4. The predicted octanol–water partition coefficient (Wildman–Crippen LogP) is 12.0. The fourth-order valence-corrected chi connectivity index (χ4v) is 7.06. The molecule has 0 unspecified atom stereocenters. The van der Waals surface area contributed by atoms with Crippen LogP contribution in [0, 0.1) is 0 Å². The molecule has 0 saturated carbocycles. The van der Waals surface area contributed by atoms with Crippen molar-refractivity contribution in [1.29, 1.82) is 0 Å². The minimum absolute atomic E-state index is 0.602. The van der Waals surface area contributed by atoms with Gasteiger partial charge in [0.2, 0.25) is 5.89 Å². The first kappa shape index (κ1) is 26.6. The van der Waals surface area contributed by atoms with Crippen LogP contribution in [0.15, 0.2) is 173 Å². The number of nitrogens with zero attached hydrogens (tertiary/aromatic N) is 3. The van der Waals surface area contributed by atoms with E-state index in [9.17, 15) is 0 Å². The molecule has 0 aliphatic heterocycles. The molecule has 0 saturated heterocycles. The van der Waals surface area contributed by atoms with E-state index in [1.165, 1.54) is 16.3 Å². The van der Waals surface area contributed by atoms with E-state index >= 15 is 0 Å². The SMILES string of the molecule is c1ccc(-c2nc3cc4c(cc3o2)oc2cc(N(c3ccccc3)c3cccc5c6ccccc6n(-c6ccccc6)c35)ccc24)cc1. The van der Waals surface area contributed by atoms with Crippen LogP contribution in [0.4, 0.5) is 17.1 Å². The number of furan rings is 1. The van der Waals surface area contributed by atoms with Crippen LogP contribution in [0.2, 0.25) is 0 Å². The maximum atomic E-state index is 6.55. The summed E-state index contributed by atoms with van der Waals surface area (Å²) in [7, 11) is 0. The predicted molar refractivity (Wildman–Crippen MR) is 196 cm³/mol. The van der Waals surface area contributed by atoms with Gasteiger partial charge in [-0.1, -0.05) is 84.9 Å². The molecular formula is C43H27N3O2. The van der Waals surface area contributed by atoms with Crippen molar-refractivity contribution in [3.8, 4) is 17.1 Å². The molecular weight excluding hydrogens is 590 g/mol. The van der Waals surface area contributed by atoms with E-state index in [2.05, 4.69) is 137 Å². The molecule has 10 aromatic rings. The fourth-order valence-electron chi connectivity index (χ4n) is 7.06. The Balaban J connectivity index is 1.19. The molecule has 0 spiro atoms. The molecule has 7 aromatic carbocycles. The van der Waals surface area contributed by atoms with Gasteiger partial charge in [-0.15, -0.1) is 0 Å². The standard InChI is InChI=1S/C43H27N3O2/c1-4-13-28(14-5-1)43-44-36-26-35-33-24-23-31(25-39(33)47-40(35)27-41(36)48-43)45(29-15-6-2-7-16-29)38-22-12-20-34-32-19-10-11-21-37(32)46(42(34)38)30-17-8-3-9-18-30/h1-27H. The third-order valence-corrected chi connectivity index (χ3v) is 9.19. The molecule has 0 radical (unpaired) electrons. The van der Waals surface area contributed by atoms with Crippen molar-refractivity contribution in [2.75, 3.05) is 4.90 Å². The van der Waals surface area contributed by atoms with Gasteiger partial charge in [-0.2, -0.15) is 0 Å². The van der Waals surface area contributed by atoms with Gasteiger partial charge in [0.15, 0.2) is 5.58 Å². The van der Waals surface area contributed by atoms with Crippen molar-refractivity contribution in [3.05, 3.63) is 164 Å². The zero-order chi connectivity index (χ0) is 31.6. The second-order valence-corrected chi connectivity index (χ2v) is 12.0. The molecule has 5 nitrogen and oxygen atoms in total. The van der Waals surface area contributed by atoms with Crippen molar-refractivity contribution in [1.82, 2.24) is 9.55 Å². The van der Waals surface area contributed by atoms with E-state index in [0.717, 1.165) is 61.3 Å². The van der Waals surface area contributed by atoms with Crippen molar-refractivity contribution in [2.24, 2.45) is 0 Å². The number of hydrogen-bond donors (Lipinski definition) is 0. The second kappa shape index (κ2) is 10.5. The summed E-state index contributed by atoms with van der Waals surface area (Å²) in [6.07, 6.45) is 0. The largest absolute Gasteiger partial charge is 0.456 e. The molecule has 0 bridgehead atoms. The van der Waals surface area contributed by atoms with E-state index in [1.54, 1.807) is 0 Å². The van der Waals surface area contributed by atoms with Crippen molar-refractivity contribution in [3.63, 3.8) is 0 Å². The average Bonchev–Trinajstić information content (AvgIpc) is 3.83. The Kier molecular flexibility index (Phi) is 5.81. The van der Waals surface area contributed by atoms with Gasteiger partial charge < -0.3 is 18.3 Å². The molecule has 3 aromatic heterocycles. The van der Waals surface area contributed by atoms with Crippen LogP contribution in [0.5, 0.6) is 0 Å². The Morgan fingerprint density at radius 2 is 1.19 bits per heavy atom. The Hall–Kier alpha value is -6.59. The van der Waals surface area contributed by atoms with Gasteiger partial charge in [-0.3, -0.25) is 0 Å². The smallest absolute Gasteiger partial charge is 0.227 e. The summed E-state index contributed by atoms with van der Waals surface area (Å²) in [5.41, 5.74) is 10.6. The quantitative estimate of drug-likeness (QED) is 0.193. The lowest BCUT2D eigenvalue weighted by Crippen LogP contribution is -2.11. The third kappa shape index (κ3) is 4.08. The molecule has 0 atom stereocenters. The Bertz CT molecular complexity index is 2780. The molecule has 0 aliphatic carbocycles. The number of anilines is 3. The molecule has 0 fully saturated rings. The molecule has 10 rings (SSSR count). The van der Waals surface area contributed by atoms with Gasteiger partial charge in [0, 0.05) is 56.3 Å². The minimum atomic E-state index is 0.602. The molecule has 0 amide bonds. The molecule has 226 valence electrons. The number of rotatable bonds is 5. The first-order valence-electron chi connectivity index (χ1n) is 16.1. The highest BCUT2D eigenvalue weighted by Gasteiger charge is 2.22. The van der Waals surface area contributed by atoms with Crippen LogP contribution in [0.1, 0.15) is 0 Å². The Morgan fingerprint density at radius 1 is 0.479 bits per heavy atom. The lowest BCUT2D eigenvalue weighted by Gasteiger charge is -2.27. The normalized spacial score (nSPS) is 11.8. The zero-order valence-corrected chi connectivity index (χ0v) is 25.7. The van der Waals surface area contributed by atoms with Gasteiger partial charge >= 0.3 is 0 Å². The highest BCUT2D eigenvalue weighted by Crippen LogP contribution is 2.44. The van der Waals surface area contributed by atoms with Crippen molar-refractivity contribution >= 4 is 71.9 Å². The molecule has 0 N–H and O–H groups in total. The van der Waals surface area contributed by atoms with E-state index < -0.39 is 0 Å². The van der Waals surface area contributed by atoms with Gasteiger partial charge in [0.1, 0.15) is 16.7 Å².